The fraction of sp³-hybridized carbons (Fsp3) is 0.269. The molecule has 1 aliphatic heterocycles. The van der Waals surface area contributed by atoms with Gasteiger partial charge in [-0.3, -0.25) is 14.6 Å². The summed E-state index contributed by atoms with van der Waals surface area (Å²) in [6.45, 7) is 0.964. The van der Waals surface area contributed by atoms with Gasteiger partial charge in [-0.15, -0.1) is 0 Å². The second-order valence-electron chi connectivity index (χ2n) is 8.65. The molecule has 5 rings (SSSR count). The van der Waals surface area contributed by atoms with E-state index < -0.39 is 17.6 Å². The Morgan fingerprint density at radius 3 is 2.76 bits per heavy atom. The number of rotatable bonds is 5. The molecular weight excluding hydrogens is 452 g/mol. The normalized spacial score (nSPS) is 20.7. The second kappa shape index (κ2) is 8.83. The molecule has 2 heterocycles. The Hall–Kier alpha value is -3.26. The Morgan fingerprint density at radius 2 is 1.94 bits per heavy atom. The number of hydrogen-bond donors (Lipinski definition) is 3. The summed E-state index contributed by atoms with van der Waals surface area (Å²) in [5.74, 6) is -0.801. The summed E-state index contributed by atoms with van der Waals surface area (Å²) < 4.78 is 0. The zero-order chi connectivity index (χ0) is 23.9. The molecule has 2 unspecified atom stereocenters. The number of nitrogens with two attached hydrogens (primary N) is 1. The molecule has 8 heteroatoms. The van der Waals surface area contributed by atoms with Crippen LogP contribution in [0.25, 0.3) is 11.1 Å². The molecule has 2 aliphatic rings. The van der Waals surface area contributed by atoms with Crippen LogP contribution in [0.4, 0.5) is 0 Å². The van der Waals surface area contributed by atoms with Crippen LogP contribution in [0.15, 0.2) is 60.8 Å². The highest BCUT2D eigenvalue weighted by Gasteiger charge is 2.53. The fourth-order valence-corrected chi connectivity index (χ4v) is 5.23. The number of nitrogens with zero attached hydrogens (tertiary/aromatic N) is 2. The predicted octanol–water partition coefficient (Wildman–Crippen LogP) is 2.72. The van der Waals surface area contributed by atoms with Crippen LogP contribution in [0.3, 0.4) is 0 Å². The minimum Gasteiger partial charge on any atom is -0.371 e. The number of likely N-dealkylation sites (tertiary alicyclic amines) is 1. The van der Waals surface area contributed by atoms with Crippen LogP contribution in [0, 0.1) is 0 Å². The molecule has 0 saturated carbocycles. The number of nitrogens with one attached hydrogen (secondary N) is 1. The number of carbonyl (C=O) groups is 2. The van der Waals surface area contributed by atoms with Crippen molar-refractivity contribution in [2.75, 3.05) is 6.54 Å². The lowest BCUT2D eigenvalue weighted by atomic mass is 9.92. The van der Waals surface area contributed by atoms with Crippen molar-refractivity contribution in [2.45, 2.75) is 37.6 Å². The van der Waals surface area contributed by atoms with Crippen molar-refractivity contribution >= 4 is 23.4 Å². The maximum atomic E-state index is 13.9. The second-order valence-corrected chi connectivity index (χ2v) is 9.08. The third-order valence-electron chi connectivity index (χ3n) is 6.72. The largest absolute Gasteiger partial charge is 0.371 e. The first-order valence-corrected chi connectivity index (χ1v) is 11.7. The lowest BCUT2D eigenvalue weighted by Gasteiger charge is -2.32. The number of carbonyl (C=O) groups excluding carboxylic acids is 2. The number of aromatic nitrogens is 1. The van der Waals surface area contributed by atoms with Crippen molar-refractivity contribution in [1.82, 2.24) is 15.2 Å². The van der Waals surface area contributed by atoms with Gasteiger partial charge in [0, 0.05) is 42.0 Å². The smallest absolute Gasteiger partial charge is 0.266 e. The van der Waals surface area contributed by atoms with Gasteiger partial charge >= 0.3 is 0 Å². The first kappa shape index (κ1) is 22.5. The maximum absolute atomic E-state index is 13.9. The lowest BCUT2D eigenvalue weighted by Crippen LogP contribution is -2.53. The fourth-order valence-electron chi connectivity index (χ4n) is 5.04. The molecule has 2 atom stereocenters. The molecule has 4 N–H and O–H groups in total. The number of halogens is 1. The van der Waals surface area contributed by atoms with Crippen molar-refractivity contribution < 1.29 is 14.7 Å². The molecule has 3 aromatic rings. The average molecular weight is 477 g/mol. The summed E-state index contributed by atoms with van der Waals surface area (Å²) in [6.07, 6.45) is 2.75. The van der Waals surface area contributed by atoms with Gasteiger partial charge in [-0.1, -0.05) is 48.0 Å². The number of fused-ring (bicyclic) bond motifs is 3. The van der Waals surface area contributed by atoms with Gasteiger partial charge in [0.2, 0.25) is 11.5 Å². The molecule has 7 nitrogen and oxygen atoms in total. The summed E-state index contributed by atoms with van der Waals surface area (Å²) in [6, 6.07) is 15.6. The van der Waals surface area contributed by atoms with Crippen molar-refractivity contribution in [2.24, 2.45) is 5.73 Å². The van der Waals surface area contributed by atoms with Gasteiger partial charge in [-0.2, -0.15) is 0 Å². The van der Waals surface area contributed by atoms with Crippen molar-refractivity contribution in [1.29, 1.82) is 0 Å². The van der Waals surface area contributed by atoms with Crippen LogP contribution >= 0.6 is 11.6 Å². The molecule has 2 amide bonds. The summed E-state index contributed by atoms with van der Waals surface area (Å²) in [5, 5.41) is 15.3. The molecule has 0 radical (unpaired) electrons. The SMILES string of the molecule is NCc1ccc(Cl)cc1CNC(=O)C1CCCN1C(=O)C1(O)c2ccccc2-c2cccnc21. The zero-order valence-electron chi connectivity index (χ0n) is 18.5. The van der Waals surface area contributed by atoms with Gasteiger partial charge in [0.1, 0.15) is 6.04 Å². The number of amides is 2. The van der Waals surface area contributed by atoms with Crippen molar-refractivity contribution in [3.8, 4) is 11.1 Å². The molecule has 34 heavy (non-hydrogen) atoms. The standard InChI is InChI=1S/C26H25ClN4O3/c27-18-10-9-16(14-28)17(13-18)15-30-24(32)22-8-4-12-31(22)25(33)26(34)21-7-2-1-5-19(21)20-6-3-11-29-23(20)26/h1-3,5-7,9-11,13,22,34H,4,8,12,14-15,28H2,(H,30,32). The molecule has 0 bridgehead atoms. The summed E-state index contributed by atoms with van der Waals surface area (Å²) in [5.41, 5.74) is 7.90. The predicted molar refractivity (Wildman–Crippen MR) is 129 cm³/mol. The van der Waals surface area contributed by atoms with Gasteiger partial charge in [0.05, 0.1) is 5.69 Å². The number of aliphatic hydroxyl groups is 1. The molecule has 1 aromatic heterocycles. The van der Waals surface area contributed by atoms with E-state index in [1.165, 1.54) is 4.90 Å². The highest BCUT2D eigenvalue weighted by molar-refractivity contribution is 6.30. The van der Waals surface area contributed by atoms with Gasteiger partial charge in [0.15, 0.2) is 0 Å². The van der Waals surface area contributed by atoms with Gasteiger partial charge in [0.25, 0.3) is 5.91 Å². The van der Waals surface area contributed by atoms with Crippen molar-refractivity contribution in [3.63, 3.8) is 0 Å². The third-order valence-corrected chi connectivity index (χ3v) is 6.96. The Bertz CT molecular complexity index is 1230. The van der Waals surface area contributed by atoms with Gasteiger partial charge in [-0.05, 0) is 47.7 Å². The molecule has 1 fully saturated rings. The first-order chi connectivity index (χ1) is 16.4. The van der Waals surface area contributed by atoms with E-state index in [9.17, 15) is 14.7 Å². The number of benzene rings is 2. The molecule has 1 aliphatic carbocycles. The monoisotopic (exact) mass is 476 g/mol. The molecule has 1 saturated heterocycles. The number of pyridine rings is 1. The minimum absolute atomic E-state index is 0.252. The topological polar surface area (TPSA) is 109 Å². The molecule has 2 aromatic carbocycles. The molecule has 174 valence electrons. The van der Waals surface area contributed by atoms with E-state index in [0.29, 0.717) is 42.2 Å². The quantitative estimate of drug-likeness (QED) is 0.524. The molecule has 0 spiro atoms. The highest BCUT2D eigenvalue weighted by Crippen LogP contribution is 2.47. The van der Waals surface area contributed by atoms with Crippen LogP contribution in [0.2, 0.25) is 5.02 Å². The summed E-state index contributed by atoms with van der Waals surface area (Å²) >= 11 is 6.11. The zero-order valence-corrected chi connectivity index (χ0v) is 19.3. The van der Waals surface area contributed by atoms with E-state index in [0.717, 1.165) is 22.3 Å². The summed E-state index contributed by atoms with van der Waals surface area (Å²) in [4.78, 5) is 32.9. The van der Waals surface area contributed by atoms with Crippen LogP contribution < -0.4 is 11.1 Å². The van der Waals surface area contributed by atoms with Crippen LogP contribution in [-0.2, 0) is 28.3 Å². The van der Waals surface area contributed by atoms with E-state index in [1.54, 1.807) is 36.5 Å². The Morgan fingerprint density at radius 1 is 1.15 bits per heavy atom. The van der Waals surface area contributed by atoms with Crippen LogP contribution in [-0.4, -0.2) is 39.4 Å². The van der Waals surface area contributed by atoms with Crippen LogP contribution in [0.5, 0.6) is 0 Å². The number of hydrogen-bond acceptors (Lipinski definition) is 5. The first-order valence-electron chi connectivity index (χ1n) is 11.3. The van der Waals surface area contributed by atoms with Gasteiger partial charge < -0.3 is 21.1 Å². The Kier molecular flexibility index (Phi) is 5.85. The van der Waals surface area contributed by atoms with E-state index >= 15 is 0 Å². The highest BCUT2D eigenvalue weighted by atomic mass is 35.5. The lowest BCUT2D eigenvalue weighted by molar-refractivity contribution is -0.152. The van der Waals surface area contributed by atoms with E-state index in [-0.39, 0.29) is 12.5 Å². The van der Waals surface area contributed by atoms with E-state index in [4.69, 9.17) is 17.3 Å². The average Bonchev–Trinajstić information content (AvgIpc) is 3.45. The minimum atomic E-state index is -1.93. The van der Waals surface area contributed by atoms with Crippen LogP contribution in [0.1, 0.15) is 35.2 Å². The maximum Gasteiger partial charge on any atom is 0.266 e. The molecular formula is C26H25ClN4O3. The van der Waals surface area contributed by atoms with E-state index in [1.807, 2.05) is 24.3 Å². The Labute approximate surface area is 202 Å². The van der Waals surface area contributed by atoms with Gasteiger partial charge in [-0.25, -0.2) is 0 Å². The third kappa shape index (κ3) is 3.57. The van der Waals surface area contributed by atoms with Crippen molar-refractivity contribution in [3.05, 3.63) is 88.2 Å². The Balaban J connectivity index is 1.41. The van der Waals surface area contributed by atoms with E-state index in [2.05, 4.69) is 10.3 Å². The summed E-state index contributed by atoms with van der Waals surface area (Å²) in [7, 11) is 0.